The lowest BCUT2D eigenvalue weighted by Gasteiger charge is -2.48. The number of aromatic nitrogens is 1. The molecular formula is C23H40IN5O2. The Hall–Kier alpha value is -1.13. The van der Waals surface area contributed by atoms with Crippen molar-refractivity contribution in [2.45, 2.75) is 63.5 Å². The fourth-order valence-electron chi connectivity index (χ4n) is 4.74. The van der Waals surface area contributed by atoms with Crippen LogP contribution in [0.3, 0.4) is 0 Å². The second kappa shape index (κ2) is 14.1. The number of rotatable bonds is 9. The lowest BCUT2D eigenvalue weighted by Crippen LogP contribution is -2.59. The number of aliphatic imine (C=N–C) groups is 1. The highest BCUT2D eigenvalue weighted by Crippen LogP contribution is 2.35. The molecule has 1 aliphatic carbocycles. The third kappa shape index (κ3) is 7.75. The monoisotopic (exact) mass is 545 g/mol. The zero-order valence-electron chi connectivity index (χ0n) is 19.2. The van der Waals surface area contributed by atoms with Crippen molar-refractivity contribution >= 4 is 29.9 Å². The molecule has 0 spiro atoms. The van der Waals surface area contributed by atoms with Gasteiger partial charge in [-0.05, 0) is 44.8 Å². The summed E-state index contributed by atoms with van der Waals surface area (Å²) in [7, 11) is 3.51. The Balaban J connectivity index is 0.00000341. The number of pyridine rings is 1. The van der Waals surface area contributed by atoms with Gasteiger partial charge in [0, 0.05) is 44.5 Å². The standard InChI is InChI=1S/C23H39N5O2.HI/c1-24-22(26-18-20-10-9-13-25-21(20)30-17-16-29-2)27-19-23(11-5-3-6-12-23)28-14-7-4-8-15-28;/h9-10,13H,3-8,11-12,14-19H2,1-2H3,(H2,24,26,27);1H. The smallest absolute Gasteiger partial charge is 0.218 e. The molecule has 0 aromatic carbocycles. The van der Waals surface area contributed by atoms with E-state index < -0.39 is 0 Å². The minimum atomic E-state index is 0. The van der Waals surface area contributed by atoms with Crippen LogP contribution in [0.25, 0.3) is 0 Å². The van der Waals surface area contributed by atoms with E-state index in [9.17, 15) is 0 Å². The van der Waals surface area contributed by atoms with Crippen LogP contribution >= 0.6 is 24.0 Å². The number of piperidine rings is 1. The lowest BCUT2D eigenvalue weighted by atomic mass is 9.79. The lowest BCUT2D eigenvalue weighted by molar-refractivity contribution is 0.0368. The quantitative estimate of drug-likeness (QED) is 0.214. The summed E-state index contributed by atoms with van der Waals surface area (Å²) in [5, 5.41) is 7.08. The minimum absolute atomic E-state index is 0. The Kier molecular flexibility index (Phi) is 11.9. The van der Waals surface area contributed by atoms with Crippen LogP contribution in [0.1, 0.15) is 56.9 Å². The van der Waals surface area contributed by atoms with E-state index in [1.807, 2.05) is 19.2 Å². The van der Waals surface area contributed by atoms with Crippen molar-refractivity contribution in [3.05, 3.63) is 23.9 Å². The minimum Gasteiger partial charge on any atom is -0.475 e. The van der Waals surface area contributed by atoms with Gasteiger partial charge in [-0.1, -0.05) is 31.7 Å². The summed E-state index contributed by atoms with van der Waals surface area (Å²) in [5.41, 5.74) is 1.29. The molecule has 8 heteroatoms. The van der Waals surface area contributed by atoms with E-state index in [0.717, 1.165) is 18.1 Å². The number of guanidine groups is 1. The van der Waals surface area contributed by atoms with Gasteiger partial charge in [0.2, 0.25) is 5.88 Å². The summed E-state index contributed by atoms with van der Waals surface area (Å²) in [6.07, 6.45) is 12.4. The highest BCUT2D eigenvalue weighted by molar-refractivity contribution is 14.0. The van der Waals surface area contributed by atoms with Crippen molar-refractivity contribution in [3.63, 3.8) is 0 Å². The fourth-order valence-corrected chi connectivity index (χ4v) is 4.74. The molecule has 0 atom stereocenters. The second-order valence-electron chi connectivity index (χ2n) is 8.42. The van der Waals surface area contributed by atoms with E-state index >= 15 is 0 Å². The zero-order chi connectivity index (χ0) is 21.1. The molecule has 2 N–H and O–H groups in total. The predicted octanol–water partition coefficient (Wildman–Crippen LogP) is 3.58. The van der Waals surface area contributed by atoms with Crippen LogP contribution < -0.4 is 15.4 Å². The van der Waals surface area contributed by atoms with Crippen molar-refractivity contribution in [2.24, 2.45) is 4.99 Å². The molecule has 0 bridgehead atoms. The summed E-state index contributed by atoms with van der Waals surface area (Å²) in [6.45, 7) is 5.09. The van der Waals surface area contributed by atoms with Crippen molar-refractivity contribution in [1.82, 2.24) is 20.5 Å². The molecule has 176 valence electrons. The van der Waals surface area contributed by atoms with E-state index in [1.54, 1.807) is 13.3 Å². The molecule has 2 fully saturated rings. The third-order valence-corrected chi connectivity index (χ3v) is 6.44. The maximum Gasteiger partial charge on any atom is 0.218 e. The molecule has 2 heterocycles. The molecule has 1 aromatic rings. The van der Waals surface area contributed by atoms with E-state index in [4.69, 9.17) is 9.47 Å². The van der Waals surface area contributed by atoms with Crippen molar-refractivity contribution in [2.75, 3.05) is 47.0 Å². The van der Waals surface area contributed by atoms with Gasteiger partial charge in [0.1, 0.15) is 6.61 Å². The molecule has 1 aromatic heterocycles. The van der Waals surface area contributed by atoms with Crippen LogP contribution in [0.4, 0.5) is 0 Å². The number of methoxy groups -OCH3 is 1. The Labute approximate surface area is 204 Å². The third-order valence-electron chi connectivity index (χ3n) is 6.44. The van der Waals surface area contributed by atoms with Crippen LogP contribution in [0.2, 0.25) is 0 Å². The van der Waals surface area contributed by atoms with Gasteiger partial charge in [-0.2, -0.15) is 0 Å². The van der Waals surface area contributed by atoms with Gasteiger partial charge >= 0.3 is 0 Å². The highest BCUT2D eigenvalue weighted by Gasteiger charge is 2.38. The first kappa shape index (κ1) is 26.1. The predicted molar refractivity (Wildman–Crippen MR) is 136 cm³/mol. The molecule has 1 saturated carbocycles. The molecule has 3 rings (SSSR count). The number of hydrogen-bond donors (Lipinski definition) is 2. The first-order valence-corrected chi connectivity index (χ1v) is 11.5. The highest BCUT2D eigenvalue weighted by atomic mass is 127. The number of likely N-dealkylation sites (tertiary alicyclic amines) is 1. The average Bonchev–Trinajstić information content (AvgIpc) is 2.81. The number of nitrogens with one attached hydrogen (secondary N) is 2. The topological polar surface area (TPSA) is 71.0 Å². The van der Waals surface area contributed by atoms with Gasteiger partial charge < -0.3 is 20.1 Å². The summed E-state index contributed by atoms with van der Waals surface area (Å²) in [5.74, 6) is 1.48. The number of hydrogen-bond acceptors (Lipinski definition) is 5. The van der Waals surface area contributed by atoms with Gasteiger partial charge in [-0.15, -0.1) is 24.0 Å². The summed E-state index contributed by atoms with van der Waals surface area (Å²) in [4.78, 5) is 11.6. The maximum absolute atomic E-state index is 5.75. The summed E-state index contributed by atoms with van der Waals surface area (Å²) < 4.78 is 10.8. The Morgan fingerprint density at radius 1 is 1.10 bits per heavy atom. The maximum atomic E-state index is 5.75. The molecule has 7 nitrogen and oxygen atoms in total. The summed E-state index contributed by atoms with van der Waals surface area (Å²) in [6, 6.07) is 3.97. The van der Waals surface area contributed by atoms with Crippen LogP contribution in [0.5, 0.6) is 5.88 Å². The largest absolute Gasteiger partial charge is 0.475 e. The van der Waals surface area contributed by atoms with Gasteiger partial charge in [-0.25, -0.2) is 4.98 Å². The molecule has 0 amide bonds. The van der Waals surface area contributed by atoms with Gasteiger partial charge in [0.15, 0.2) is 5.96 Å². The first-order chi connectivity index (χ1) is 14.8. The van der Waals surface area contributed by atoms with Crippen LogP contribution in [-0.2, 0) is 11.3 Å². The SMILES string of the molecule is CN=C(NCc1cccnc1OCCOC)NCC1(N2CCCCC2)CCCCC1.I. The van der Waals surface area contributed by atoms with Crippen molar-refractivity contribution < 1.29 is 9.47 Å². The van der Waals surface area contributed by atoms with E-state index in [-0.39, 0.29) is 29.5 Å². The normalized spacial score (nSPS) is 19.4. The molecule has 1 aliphatic heterocycles. The van der Waals surface area contributed by atoms with E-state index in [2.05, 4.69) is 25.5 Å². The molecule has 31 heavy (non-hydrogen) atoms. The van der Waals surface area contributed by atoms with Crippen molar-refractivity contribution in [3.8, 4) is 5.88 Å². The van der Waals surface area contributed by atoms with E-state index in [1.165, 1.54) is 64.5 Å². The average molecular weight is 546 g/mol. The Morgan fingerprint density at radius 3 is 2.55 bits per heavy atom. The van der Waals surface area contributed by atoms with Crippen LogP contribution in [0.15, 0.2) is 23.3 Å². The van der Waals surface area contributed by atoms with Gasteiger partial charge in [0.05, 0.1) is 6.61 Å². The van der Waals surface area contributed by atoms with Crippen molar-refractivity contribution in [1.29, 1.82) is 0 Å². The number of nitrogens with zero attached hydrogens (tertiary/aromatic N) is 3. The number of ether oxygens (including phenoxy) is 2. The van der Waals surface area contributed by atoms with E-state index in [0.29, 0.717) is 25.6 Å². The molecule has 0 radical (unpaired) electrons. The van der Waals surface area contributed by atoms with Crippen LogP contribution in [0, 0.1) is 0 Å². The number of halogens is 1. The van der Waals surface area contributed by atoms with Gasteiger partial charge in [-0.3, -0.25) is 9.89 Å². The first-order valence-electron chi connectivity index (χ1n) is 11.5. The molecule has 0 unspecified atom stereocenters. The molecule has 2 aliphatic rings. The second-order valence-corrected chi connectivity index (χ2v) is 8.42. The Morgan fingerprint density at radius 2 is 1.84 bits per heavy atom. The summed E-state index contributed by atoms with van der Waals surface area (Å²) >= 11 is 0. The molecule has 1 saturated heterocycles. The van der Waals surface area contributed by atoms with Crippen LogP contribution in [-0.4, -0.2) is 68.4 Å². The van der Waals surface area contributed by atoms with Gasteiger partial charge in [0.25, 0.3) is 0 Å². The fraction of sp³-hybridized carbons (Fsp3) is 0.739. The Bertz CT molecular complexity index is 661. The zero-order valence-corrected chi connectivity index (χ0v) is 21.5. The molecular weight excluding hydrogens is 505 g/mol.